The highest BCUT2D eigenvalue weighted by Gasteiger charge is 2.26. The van der Waals surface area contributed by atoms with Gasteiger partial charge in [0.15, 0.2) is 5.16 Å². The van der Waals surface area contributed by atoms with Crippen LogP contribution in [0.1, 0.15) is 23.8 Å². The maximum absolute atomic E-state index is 12.8. The van der Waals surface area contributed by atoms with Gasteiger partial charge in [0.1, 0.15) is 4.83 Å². The van der Waals surface area contributed by atoms with Crippen molar-refractivity contribution in [1.29, 1.82) is 0 Å². The Kier molecular flexibility index (Phi) is 3.08. The van der Waals surface area contributed by atoms with E-state index in [-0.39, 0.29) is 11.5 Å². The van der Waals surface area contributed by atoms with Gasteiger partial charge in [-0.25, -0.2) is 4.98 Å². The van der Waals surface area contributed by atoms with Crippen LogP contribution in [0.2, 0.25) is 0 Å². The van der Waals surface area contributed by atoms with Crippen molar-refractivity contribution in [2.45, 2.75) is 38.0 Å². The molecule has 0 spiro atoms. The molecule has 21 heavy (non-hydrogen) atoms. The van der Waals surface area contributed by atoms with Crippen LogP contribution < -0.4 is 5.56 Å². The quantitative estimate of drug-likeness (QED) is 0.695. The van der Waals surface area contributed by atoms with E-state index < -0.39 is 0 Å². The van der Waals surface area contributed by atoms with Gasteiger partial charge >= 0.3 is 0 Å². The van der Waals surface area contributed by atoms with Crippen molar-refractivity contribution < 1.29 is 4.79 Å². The monoisotopic (exact) mass is 321 g/mol. The second-order valence-corrected chi connectivity index (χ2v) is 7.57. The van der Waals surface area contributed by atoms with E-state index in [1.54, 1.807) is 30.0 Å². The Morgan fingerprint density at radius 3 is 3.00 bits per heavy atom. The van der Waals surface area contributed by atoms with Crippen molar-refractivity contribution in [3.8, 4) is 0 Å². The molecule has 0 saturated heterocycles. The largest absolute Gasteiger partial charge is 0.337 e. The first-order chi connectivity index (χ1) is 10.1. The van der Waals surface area contributed by atoms with Crippen molar-refractivity contribution in [2.75, 3.05) is 12.3 Å². The number of fused-ring (bicyclic) bond motifs is 4. The molecule has 2 aromatic heterocycles. The average Bonchev–Trinajstić information content (AvgIpc) is 2.84. The number of aromatic nitrogens is 2. The van der Waals surface area contributed by atoms with Crippen molar-refractivity contribution in [3.63, 3.8) is 0 Å². The predicted molar refractivity (Wildman–Crippen MR) is 84.0 cm³/mol. The van der Waals surface area contributed by atoms with E-state index in [4.69, 9.17) is 4.98 Å². The molecule has 2 aromatic rings. The van der Waals surface area contributed by atoms with Gasteiger partial charge in [0, 0.05) is 30.6 Å². The lowest BCUT2D eigenvalue weighted by Crippen LogP contribution is -2.34. The molecule has 4 rings (SSSR count). The second-order valence-electron chi connectivity index (χ2n) is 5.43. The van der Waals surface area contributed by atoms with Crippen molar-refractivity contribution in [2.24, 2.45) is 0 Å². The third-order valence-electron chi connectivity index (χ3n) is 4.13. The van der Waals surface area contributed by atoms with E-state index >= 15 is 0 Å². The number of amides is 1. The fraction of sp³-hybridized carbons (Fsp3) is 0.500. The highest BCUT2D eigenvalue weighted by Crippen LogP contribution is 2.34. The Labute approximate surface area is 130 Å². The summed E-state index contributed by atoms with van der Waals surface area (Å²) in [6.07, 6.45) is 1.79. The number of thioether (sulfide) groups is 1. The smallest absolute Gasteiger partial charge is 0.263 e. The van der Waals surface area contributed by atoms with Gasteiger partial charge in [-0.3, -0.25) is 14.2 Å². The molecule has 0 unspecified atom stereocenters. The third kappa shape index (κ3) is 2.02. The van der Waals surface area contributed by atoms with E-state index in [0.717, 1.165) is 51.0 Å². The molecule has 0 aromatic carbocycles. The van der Waals surface area contributed by atoms with Gasteiger partial charge in [0.05, 0.1) is 11.9 Å². The van der Waals surface area contributed by atoms with E-state index in [1.165, 1.54) is 0 Å². The number of rotatable bonds is 0. The predicted octanol–water partition coefficient (Wildman–Crippen LogP) is 1.86. The van der Waals surface area contributed by atoms with E-state index in [9.17, 15) is 9.59 Å². The van der Waals surface area contributed by atoms with E-state index in [1.807, 2.05) is 9.47 Å². The molecule has 110 valence electrons. The van der Waals surface area contributed by atoms with Gasteiger partial charge in [-0.2, -0.15) is 0 Å². The topological polar surface area (TPSA) is 55.2 Å². The summed E-state index contributed by atoms with van der Waals surface area (Å²) in [6.45, 7) is 3.69. The zero-order valence-corrected chi connectivity index (χ0v) is 13.4. The Bertz CT molecular complexity index is 809. The van der Waals surface area contributed by atoms with Gasteiger partial charge in [-0.05, 0) is 18.4 Å². The molecule has 0 bridgehead atoms. The molecule has 0 saturated carbocycles. The number of carbonyl (C=O) groups is 1. The SMILES string of the molecule is CC(=O)N1CCc2c(sc3nc4n(c(=O)c23)CCCS4)C1. The normalized spacial score (nSPS) is 17.7. The minimum Gasteiger partial charge on any atom is -0.337 e. The summed E-state index contributed by atoms with van der Waals surface area (Å²) in [5.41, 5.74) is 1.23. The summed E-state index contributed by atoms with van der Waals surface area (Å²) in [5.74, 6) is 1.12. The molecule has 1 amide bonds. The lowest BCUT2D eigenvalue weighted by Gasteiger charge is -2.25. The molecule has 0 radical (unpaired) electrons. The first-order valence-corrected chi connectivity index (χ1v) is 8.89. The zero-order valence-electron chi connectivity index (χ0n) is 11.7. The molecule has 2 aliphatic heterocycles. The second kappa shape index (κ2) is 4.84. The van der Waals surface area contributed by atoms with Gasteiger partial charge < -0.3 is 4.90 Å². The fourth-order valence-electron chi connectivity index (χ4n) is 3.02. The number of hydrogen-bond donors (Lipinski definition) is 0. The minimum atomic E-state index is 0.0950. The van der Waals surface area contributed by atoms with Crippen LogP contribution >= 0.6 is 23.1 Å². The summed E-state index contributed by atoms with van der Waals surface area (Å²) in [6, 6.07) is 0. The van der Waals surface area contributed by atoms with E-state index in [2.05, 4.69) is 0 Å². The molecule has 4 heterocycles. The molecule has 0 N–H and O–H groups in total. The number of thiophene rings is 1. The highest BCUT2D eigenvalue weighted by molar-refractivity contribution is 7.99. The van der Waals surface area contributed by atoms with Crippen LogP contribution in [0.4, 0.5) is 0 Å². The number of nitrogens with zero attached hydrogens (tertiary/aromatic N) is 3. The number of hydrogen-bond acceptors (Lipinski definition) is 5. The molecule has 5 nitrogen and oxygen atoms in total. The maximum atomic E-state index is 12.8. The molecule has 0 fully saturated rings. The third-order valence-corrected chi connectivity index (χ3v) is 6.30. The average molecular weight is 321 g/mol. The summed E-state index contributed by atoms with van der Waals surface area (Å²) in [4.78, 5) is 32.8. The Morgan fingerprint density at radius 1 is 1.33 bits per heavy atom. The van der Waals surface area contributed by atoms with Crippen LogP contribution in [0.25, 0.3) is 10.2 Å². The lowest BCUT2D eigenvalue weighted by molar-refractivity contribution is -0.129. The van der Waals surface area contributed by atoms with Gasteiger partial charge in [-0.1, -0.05) is 11.8 Å². The summed E-state index contributed by atoms with van der Waals surface area (Å²) < 4.78 is 1.82. The molecule has 2 aliphatic rings. The van der Waals surface area contributed by atoms with Crippen molar-refractivity contribution >= 4 is 39.2 Å². The summed E-state index contributed by atoms with van der Waals surface area (Å²) in [7, 11) is 0. The van der Waals surface area contributed by atoms with Gasteiger partial charge in [-0.15, -0.1) is 11.3 Å². The Hall–Kier alpha value is -1.34. The molecule has 0 atom stereocenters. The first kappa shape index (κ1) is 13.3. The summed E-state index contributed by atoms with van der Waals surface area (Å²) in [5, 5.41) is 1.64. The van der Waals surface area contributed by atoms with Crippen LogP contribution in [-0.4, -0.2) is 32.7 Å². The van der Waals surface area contributed by atoms with Gasteiger partial charge in [0.25, 0.3) is 5.56 Å². The zero-order chi connectivity index (χ0) is 14.6. The number of carbonyl (C=O) groups excluding carboxylic acids is 1. The van der Waals surface area contributed by atoms with Crippen molar-refractivity contribution in [3.05, 3.63) is 20.8 Å². The first-order valence-electron chi connectivity index (χ1n) is 7.08. The fourth-order valence-corrected chi connectivity index (χ4v) is 5.25. The standard InChI is InChI=1S/C14H15N3O2S2/c1-8(18)16-5-3-9-10(7-16)21-12-11(9)13(19)17-4-2-6-20-14(17)15-12/h2-7H2,1H3. The Morgan fingerprint density at radius 2 is 2.19 bits per heavy atom. The van der Waals surface area contributed by atoms with E-state index in [0.29, 0.717) is 13.1 Å². The van der Waals surface area contributed by atoms with Gasteiger partial charge in [0.2, 0.25) is 5.91 Å². The van der Waals surface area contributed by atoms with Crippen LogP contribution in [0.3, 0.4) is 0 Å². The molecule has 0 aliphatic carbocycles. The lowest BCUT2D eigenvalue weighted by atomic mass is 10.1. The maximum Gasteiger partial charge on any atom is 0.263 e. The van der Waals surface area contributed by atoms with Crippen molar-refractivity contribution in [1.82, 2.24) is 14.5 Å². The highest BCUT2D eigenvalue weighted by atomic mass is 32.2. The van der Waals surface area contributed by atoms with Crippen LogP contribution in [0, 0.1) is 0 Å². The molecular weight excluding hydrogens is 306 g/mol. The van der Waals surface area contributed by atoms with Crippen LogP contribution in [0.5, 0.6) is 0 Å². The molecular formula is C14H15N3O2S2. The Balaban J connectivity index is 1.91. The molecule has 7 heteroatoms. The van der Waals surface area contributed by atoms with Crippen LogP contribution in [0.15, 0.2) is 9.95 Å². The minimum absolute atomic E-state index is 0.0950. The summed E-state index contributed by atoms with van der Waals surface area (Å²) >= 11 is 3.24. The van der Waals surface area contributed by atoms with Crippen LogP contribution in [-0.2, 0) is 24.3 Å².